The molecule has 0 N–H and O–H groups in total. The number of carbonyl (C=O) groups excluding carboxylic acids is 1. The third-order valence-electron chi connectivity index (χ3n) is 5.27. The van der Waals surface area contributed by atoms with E-state index in [1.807, 2.05) is 77.7 Å². The van der Waals surface area contributed by atoms with Gasteiger partial charge in [0.25, 0.3) is 5.91 Å². The van der Waals surface area contributed by atoms with Gasteiger partial charge in [-0.15, -0.1) is 0 Å². The van der Waals surface area contributed by atoms with E-state index in [2.05, 4.69) is 29.8 Å². The van der Waals surface area contributed by atoms with E-state index in [-0.39, 0.29) is 11.9 Å². The molecular weight excluding hydrogens is 454 g/mol. The maximum absolute atomic E-state index is 13.2. The summed E-state index contributed by atoms with van der Waals surface area (Å²) in [7, 11) is 1.63. The van der Waals surface area contributed by atoms with Crippen LogP contribution in [0.1, 0.15) is 41.8 Å². The van der Waals surface area contributed by atoms with Gasteiger partial charge in [-0.1, -0.05) is 65.3 Å². The number of ether oxygens (including phenoxy) is 2. The first-order valence-corrected chi connectivity index (χ1v) is 11.2. The van der Waals surface area contributed by atoms with E-state index in [9.17, 15) is 4.79 Å². The van der Waals surface area contributed by atoms with Crippen LogP contribution in [0.5, 0.6) is 11.5 Å². The summed E-state index contributed by atoms with van der Waals surface area (Å²) in [6.07, 6.45) is 0.870. The minimum atomic E-state index is 0.0130. The van der Waals surface area contributed by atoms with E-state index >= 15 is 0 Å². The van der Waals surface area contributed by atoms with Crippen molar-refractivity contribution in [3.63, 3.8) is 0 Å². The Balaban J connectivity index is 1.78. The van der Waals surface area contributed by atoms with Crippen LogP contribution >= 0.6 is 15.9 Å². The fraction of sp³-hybridized carbons (Fsp3) is 0.269. The maximum Gasteiger partial charge on any atom is 0.254 e. The summed E-state index contributed by atoms with van der Waals surface area (Å²) in [5.74, 6) is 1.36. The highest BCUT2D eigenvalue weighted by molar-refractivity contribution is 9.10. The highest BCUT2D eigenvalue weighted by Gasteiger charge is 2.21. The molecular formula is C26H28BrNO3. The lowest BCUT2D eigenvalue weighted by molar-refractivity contribution is 0.0671. The van der Waals surface area contributed by atoms with Gasteiger partial charge < -0.3 is 14.4 Å². The van der Waals surface area contributed by atoms with Crippen molar-refractivity contribution < 1.29 is 14.3 Å². The van der Waals surface area contributed by atoms with Gasteiger partial charge in [0.15, 0.2) is 11.5 Å². The lowest BCUT2D eigenvalue weighted by Gasteiger charge is -2.29. The second-order valence-electron chi connectivity index (χ2n) is 7.46. The molecule has 0 radical (unpaired) electrons. The average Bonchev–Trinajstić information content (AvgIpc) is 2.81. The van der Waals surface area contributed by atoms with Crippen LogP contribution in [0, 0.1) is 0 Å². The summed E-state index contributed by atoms with van der Waals surface area (Å²) >= 11 is 3.46. The Morgan fingerprint density at radius 2 is 1.74 bits per heavy atom. The van der Waals surface area contributed by atoms with Crippen LogP contribution in [0.15, 0.2) is 77.3 Å². The van der Waals surface area contributed by atoms with E-state index in [1.165, 1.54) is 0 Å². The molecule has 162 valence electrons. The summed E-state index contributed by atoms with van der Waals surface area (Å²) in [5, 5.41) is 0. The minimum absolute atomic E-state index is 0.0130. The van der Waals surface area contributed by atoms with Gasteiger partial charge in [0, 0.05) is 22.6 Å². The minimum Gasteiger partial charge on any atom is -0.493 e. The quantitative estimate of drug-likeness (QED) is 0.351. The lowest BCUT2D eigenvalue weighted by Crippen LogP contribution is -2.37. The van der Waals surface area contributed by atoms with E-state index in [1.54, 1.807) is 7.11 Å². The highest BCUT2D eigenvalue weighted by Crippen LogP contribution is 2.30. The Kier molecular flexibility index (Phi) is 8.13. The van der Waals surface area contributed by atoms with Gasteiger partial charge in [0.2, 0.25) is 0 Å². The first-order valence-electron chi connectivity index (χ1n) is 10.4. The van der Waals surface area contributed by atoms with Crippen LogP contribution in [0.25, 0.3) is 0 Å². The van der Waals surface area contributed by atoms with Gasteiger partial charge >= 0.3 is 0 Å². The Hall–Kier alpha value is -2.79. The van der Waals surface area contributed by atoms with Crippen molar-refractivity contribution >= 4 is 21.8 Å². The third kappa shape index (κ3) is 6.11. The molecule has 1 amide bonds. The van der Waals surface area contributed by atoms with Crippen LogP contribution in [0.3, 0.4) is 0 Å². The molecule has 0 saturated carbocycles. The number of rotatable bonds is 9. The largest absolute Gasteiger partial charge is 0.493 e. The Labute approximate surface area is 192 Å². The zero-order valence-electron chi connectivity index (χ0n) is 18.2. The third-order valence-corrected chi connectivity index (χ3v) is 5.77. The van der Waals surface area contributed by atoms with Gasteiger partial charge in [0.1, 0.15) is 6.61 Å². The summed E-state index contributed by atoms with van der Waals surface area (Å²) in [4.78, 5) is 15.1. The van der Waals surface area contributed by atoms with Gasteiger partial charge in [-0.3, -0.25) is 4.79 Å². The number of hydrogen-bond acceptors (Lipinski definition) is 3. The topological polar surface area (TPSA) is 38.8 Å². The van der Waals surface area contributed by atoms with Crippen molar-refractivity contribution in [1.82, 2.24) is 4.90 Å². The second-order valence-corrected chi connectivity index (χ2v) is 8.38. The highest BCUT2D eigenvalue weighted by atomic mass is 79.9. The fourth-order valence-electron chi connectivity index (χ4n) is 3.30. The van der Waals surface area contributed by atoms with Crippen LogP contribution in [-0.4, -0.2) is 24.0 Å². The van der Waals surface area contributed by atoms with Crippen molar-refractivity contribution in [3.8, 4) is 11.5 Å². The summed E-state index contributed by atoms with van der Waals surface area (Å²) in [5.41, 5.74) is 2.76. The Morgan fingerprint density at radius 3 is 2.42 bits per heavy atom. The number of nitrogens with zero attached hydrogens (tertiary/aromatic N) is 1. The standard InChI is InChI=1S/C26H28BrNO3/c1-4-19(2)28(26(29)22-11-8-12-23(27)16-22)17-21-13-14-24(25(15-21)30-3)31-18-20-9-6-5-7-10-20/h5-16,19H,4,17-18H2,1-3H3. The number of benzene rings is 3. The van der Waals surface area contributed by atoms with Crippen LogP contribution in [0.4, 0.5) is 0 Å². The Morgan fingerprint density at radius 1 is 0.968 bits per heavy atom. The molecule has 3 aromatic rings. The van der Waals surface area contributed by atoms with Crippen LogP contribution in [-0.2, 0) is 13.2 Å². The zero-order valence-corrected chi connectivity index (χ0v) is 19.8. The smallest absolute Gasteiger partial charge is 0.254 e. The molecule has 0 saturated heterocycles. The molecule has 0 aliphatic heterocycles. The van der Waals surface area contributed by atoms with Crippen LogP contribution in [0.2, 0.25) is 0 Å². The normalized spacial score (nSPS) is 11.6. The van der Waals surface area contributed by atoms with Crippen molar-refractivity contribution in [2.75, 3.05) is 7.11 Å². The van der Waals surface area contributed by atoms with E-state index in [0.717, 1.165) is 22.0 Å². The summed E-state index contributed by atoms with van der Waals surface area (Å²) < 4.78 is 12.4. The molecule has 0 aliphatic carbocycles. The molecule has 3 aromatic carbocycles. The van der Waals surface area contributed by atoms with E-state index in [0.29, 0.717) is 30.2 Å². The zero-order chi connectivity index (χ0) is 22.2. The Bertz CT molecular complexity index is 1010. The molecule has 0 spiro atoms. The van der Waals surface area contributed by atoms with Crippen molar-refractivity contribution in [2.24, 2.45) is 0 Å². The molecule has 0 aromatic heterocycles. The first kappa shape index (κ1) is 22.9. The monoisotopic (exact) mass is 481 g/mol. The van der Waals surface area contributed by atoms with Crippen molar-refractivity contribution in [1.29, 1.82) is 0 Å². The molecule has 3 rings (SSSR count). The number of amides is 1. The molecule has 0 fully saturated rings. The molecule has 0 bridgehead atoms. The number of carbonyl (C=O) groups is 1. The fourth-order valence-corrected chi connectivity index (χ4v) is 3.70. The molecule has 1 atom stereocenters. The molecule has 5 heteroatoms. The number of hydrogen-bond donors (Lipinski definition) is 0. The lowest BCUT2D eigenvalue weighted by atomic mass is 10.1. The predicted octanol–water partition coefficient (Wildman–Crippen LogP) is 6.48. The average molecular weight is 482 g/mol. The second kappa shape index (κ2) is 11.0. The molecule has 4 nitrogen and oxygen atoms in total. The van der Waals surface area contributed by atoms with Crippen molar-refractivity contribution in [3.05, 3.63) is 94.0 Å². The van der Waals surface area contributed by atoms with Gasteiger partial charge in [-0.05, 0) is 54.8 Å². The summed E-state index contributed by atoms with van der Waals surface area (Å²) in [6, 6.07) is 23.5. The molecule has 1 unspecified atom stereocenters. The molecule has 0 heterocycles. The SMILES string of the molecule is CCC(C)N(Cc1ccc(OCc2ccccc2)c(OC)c1)C(=O)c1cccc(Br)c1. The first-order chi connectivity index (χ1) is 15.0. The van der Waals surface area contributed by atoms with Crippen LogP contribution < -0.4 is 9.47 Å². The number of halogens is 1. The predicted molar refractivity (Wildman–Crippen MR) is 128 cm³/mol. The van der Waals surface area contributed by atoms with Gasteiger partial charge in [0.05, 0.1) is 7.11 Å². The summed E-state index contributed by atoms with van der Waals surface area (Å²) in [6.45, 7) is 5.13. The number of methoxy groups -OCH3 is 1. The van der Waals surface area contributed by atoms with Crippen molar-refractivity contribution in [2.45, 2.75) is 39.5 Å². The van der Waals surface area contributed by atoms with E-state index in [4.69, 9.17) is 9.47 Å². The van der Waals surface area contributed by atoms with Gasteiger partial charge in [-0.2, -0.15) is 0 Å². The van der Waals surface area contributed by atoms with Gasteiger partial charge in [-0.25, -0.2) is 0 Å². The molecule has 0 aliphatic rings. The molecule has 31 heavy (non-hydrogen) atoms. The maximum atomic E-state index is 13.2. The van der Waals surface area contributed by atoms with E-state index < -0.39 is 0 Å².